The summed E-state index contributed by atoms with van der Waals surface area (Å²) in [6.07, 6.45) is 1.98. The van der Waals surface area contributed by atoms with Gasteiger partial charge in [-0.1, -0.05) is 24.3 Å². The van der Waals surface area contributed by atoms with E-state index in [-0.39, 0.29) is 17.8 Å². The zero-order chi connectivity index (χ0) is 13.2. The molecule has 19 heavy (non-hydrogen) atoms. The minimum Gasteiger partial charge on any atom is -0.329 e. The fraction of sp³-hybridized carbons (Fsp3) is 0.385. The van der Waals surface area contributed by atoms with Crippen LogP contribution in [-0.2, 0) is 0 Å². The topological polar surface area (TPSA) is 74.8 Å². The third kappa shape index (κ3) is 2.09. The van der Waals surface area contributed by atoms with E-state index in [1.807, 2.05) is 17.0 Å². The molecule has 3 rings (SSSR count). The molecule has 0 saturated carbocycles. The number of carbonyl (C=O) groups excluding carboxylic acids is 1. The molecule has 6 nitrogen and oxygen atoms in total. The van der Waals surface area contributed by atoms with Crippen LogP contribution >= 0.6 is 0 Å². The number of H-pyrrole nitrogens is 1. The van der Waals surface area contributed by atoms with Gasteiger partial charge in [-0.25, -0.2) is 0 Å². The van der Waals surface area contributed by atoms with Gasteiger partial charge in [0, 0.05) is 6.54 Å². The van der Waals surface area contributed by atoms with Crippen LogP contribution in [0.1, 0.15) is 40.6 Å². The van der Waals surface area contributed by atoms with Gasteiger partial charge in [0.2, 0.25) is 0 Å². The van der Waals surface area contributed by atoms with E-state index < -0.39 is 0 Å². The van der Waals surface area contributed by atoms with Gasteiger partial charge in [-0.05, 0) is 36.1 Å². The minimum absolute atomic E-state index is 0.118. The number of nitrogens with one attached hydrogen (secondary N) is 1. The molecule has 0 aliphatic carbocycles. The molecule has 1 atom stereocenters. The Labute approximate surface area is 110 Å². The number of carbonyl (C=O) groups is 1. The number of hydrogen-bond donors (Lipinski definition) is 1. The van der Waals surface area contributed by atoms with Crippen LogP contribution in [0.2, 0.25) is 0 Å². The van der Waals surface area contributed by atoms with Crippen molar-refractivity contribution in [3.8, 4) is 0 Å². The van der Waals surface area contributed by atoms with E-state index in [0.717, 1.165) is 19.4 Å². The van der Waals surface area contributed by atoms with E-state index in [0.29, 0.717) is 0 Å². The summed E-state index contributed by atoms with van der Waals surface area (Å²) in [7, 11) is 0. The van der Waals surface area contributed by atoms with E-state index >= 15 is 0 Å². The quantitative estimate of drug-likeness (QED) is 0.884. The van der Waals surface area contributed by atoms with Gasteiger partial charge in [-0.2, -0.15) is 5.21 Å². The molecule has 1 saturated heterocycles. The second-order valence-electron chi connectivity index (χ2n) is 4.75. The van der Waals surface area contributed by atoms with Crippen LogP contribution in [0, 0.1) is 6.92 Å². The van der Waals surface area contributed by atoms with Gasteiger partial charge < -0.3 is 4.90 Å². The molecule has 6 heteroatoms. The molecule has 1 fully saturated rings. The number of aromatic amines is 1. The normalized spacial score (nSPS) is 18.8. The smallest absolute Gasteiger partial charge is 0.295 e. The summed E-state index contributed by atoms with van der Waals surface area (Å²) >= 11 is 0. The zero-order valence-corrected chi connectivity index (χ0v) is 10.7. The van der Waals surface area contributed by atoms with Gasteiger partial charge in [0.05, 0.1) is 6.04 Å². The Kier molecular flexibility index (Phi) is 2.98. The number of aromatic nitrogens is 4. The largest absolute Gasteiger partial charge is 0.329 e. The maximum atomic E-state index is 12.3. The first-order chi connectivity index (χ1) is 9.27. The maximum absolute atomic E-state index is 12.3. The highest BCUT2D eigenvalue weighted by atomic mass is 16.2. The molecule has 1 unspecified atom stereocenters. The van der Waals surface area contributed by atoms with Gasteiger partial charge in [-0.3, -0.25) is 4.79 Å². The van der Waals surface area contributed by atoms with E-state index in [1.54, 1.807) is 0 Å². The molecular weight excluding hydrogens is 242 g/mol. The Balaban J connectivity index is 1.90. The number of amides is 1. The lowest BCUT2D eigenvalue weighted by Crippen LogP contribution is -2.31. The predicted octanol–water partition coefficient (Wildman–Crippen LogP) is 1.49. The second kappa shape index (κ2) is 4.79. The van der Waals surface area contributed by atoms with Crippen molar-refractivity contribution in [1.82, 2.24) is 25.5 Å². The van der Waals surface area contributed by atoms with Crippen LogP contribution in [0.5, 0.6) is 0 Å². The molecule has 0 spiro atoms. The lowest BCUT2D eigenvalue weighted by Gasteiger charge is -2.25. The predicted molar refractivity (Wildman–Crippen MR) is 68.4 cm³/mol. The number of rotatable bonds is 2. The number of likely N-dealkylation sites (tertiary alicyclic amines) is 1. The molecule has 2 heterocycles. The number of nitrogens with zero attached hydrogens (tertiary/aromatic N) is 4. The van der Waals surface area contributed by atoms with E-state index in [9.17, 15) is 4.79 Å². The Morgan fingerprint density at radius 1 is 1.42 bits per heavy atom. The van der Waals surface area contributed by atoms with Crippen LogP contribution in [0.25, 0.3) is 0 Å². The zero-order valence-electron chi connectivity index (χ0n) is 10.7. The molecule has 1 amide bonds. The van der Waals surface area contributed by atoms with Crippen LogP contribution in [0.4, 0.5) is 0 Å². The van der Waals surface area contributed by atoms with Crippen LogP contribution in [-0.4, -0.2) is 38.0 Å². The van der Waals surface area contributed by atoms with Gasteiger partial charge in [0.1, 0.15) is 0 Å². The van der Waals surface area contributed by atoms with E-state index in [4.69, 9.17) is 0 Å². The summed E-state index contributed by atoms with van der Waals surface area (Å²) in [5, 5.41) is 13.3. The monoisotopic (exact) mass is 257 g/mol. The second-order valence-corrected chi connectivity index (χ2v) is 4.75. The fourth-order valence-electron chi connectivity index (χ4n) is 2.67. The number of aryl methyl sites for hydroxylation is 1. The van der Waals surface area contributed by atoms with Crippen LogP contribution < -0.4 is 0 Å². The summed E-state index contributed by atoms with van der Waals surface area (Å²) in [6, 6.07) is 8.30. The van der Waals surface area contributed by atoms with Crippen molar-refractivity contribution in [2.45, 2.75) is 25.8 Å². The third-order valence-electron chi connectivity index (χ3n) is 3.60. The molecule has 1 aromatic heterocycles. The third-order valence-corrected chi connectivity index (χ3v) is 3.60. The first-order valence-corrected chi connectivity index (χ1v) is 6.37. The summed E-state index contributed by atoms with van der Waals surface area (Å²) in [4.78, 5) is 14.2. The summed E-state index contributed by atoms with van der Waals surface area (Å²) < 4.78 is 0. The molecule has 1 aromatic carbocycles. The van der Waals surface area contributed by atoms with Gasteiger partial charge in [-0.15, -0.1) is 10.2 Å². The number of hydrogen-bond acceptors (Lipinski definition) is 4. The number of tetrazole rings is 1. The summed E-state index contributed by atoms with van der Waals surface area (Å²) in [5.41, 5.74) is 2.41. The maximum Gasteiger partial charge on any atom is 0.295 e. The van der Waals surface area contributed by atoms with Crippen molar-refractivity contribution in [2.75, 3.05) is 6.54 Å². The Morgan fingerprint density at radius 3 is 3.00 bits per heavy atom. The first kappa shape index (κ1) is 11.8. The minimum atomic E-state index is -0.153. The van der Waals surface area contributed by atoms with Crippen molar-refractivity contribution in [2.24, 2.45) is 0 Å². The SMILES string of the molecule is Cc1ccccc1C1CCCN1C(=O)c1nn[nH]n1. The van der Waals surface area contributed by atoms with Crippen LogP contribution in [0.3, 0.4) is 0 Å². The average Bonchev–Trinajstić information content (AvgIpc) is 3.10. The Morgan fingerprint density at radius 2 is 2.26 bits per heavy atom. The molecule has 1 aliphatic rings. The average molecular weight is 257 g/mol. The lowest BCUT2D eigenvalue weighted by atomic mass is 9.99. The molecule has 98 valence electrons. The summed E-state index contributed by atoms with van der Waals surface area (Å²) in [6.45, 7) is 2.82. The molecular formula is C13H15N5O. The van der Waals surface area contributed by atoms with Gasteiger partial charge in [0.15, 0.2) is 0 Å². The highest BCUT2D eigenvalue weighted by molar-refractivity contribution is 5.90. The van der Waals surface area contributed by atoms with Gasteiger partial charge >= 0.3 is 0 Å². The first-order valence-electron chi connectivity index (χ1n) is 6.37. The van der Waals surface area contributed by atoms with Crippen molar-refractivity contribution >= 4 is 5.91 Å². The van der Waals surface area contributed by atoms with E-state index in [1.165, 1.54) is 11.1 Å². The van der Waals surface area contributed by atoms with Crippen molar-refractivity contribution in [3.63, 3.8) is 0 Å². The standard InChI is InChI=1S/C13H15N5O/c1-9-5-2-3-6-10(9)11-7-4-8-18(11)13(19)12-14-16-17-15-12/h2-3,5-6,11H,4,7-8H2,1H3,(H,14,15,16,17). The molecule has 1 N–H and O–H groups in total. The van der Waals surface area contributed by atoms with Crippen LogP contribution in [0.15, 0.2) is 24.3 Å². The lowest BCUT2D eigenvalue weighted by molar-refractivity contribution is 0.0723. The van der Waals surface area contributed by atoms with Crippen molar-refractivity contribution < 1.29 is 4.79 Å². The highest BCUT2D eigenvalue weighted by Gasteiger charge is 2.32. The Bertz CT molecular complexity index is 580. The molecule has 0 bridgehead atoms. The summed E-state index contributed by atoms with van der Waals surface area (Å²) in [5.74, 6) is -0.0139. The molecule has 1 aliphatic heterocycles. The fourth-order valence-corrected chi connectivity index (χ4v) is 2.67. The number of benzene rings is 1. The van der Waals surface area contributed by atoms with E-state index in [2.05, 4.69) is 39.7 Å². The molecule has 0 radical (unpaired) electrons. The highest BCUT2D eigenvalue weighted by Crippen LogP contribution is 2.34. The van der Waals surface area contributed by atoms with Gasteiger partial charge in [0.25, 0.3) is 11.7 Å². The van der Waals surface area contributed by atoms with Crippen molar-refractivity contribution in [3.05, 3.63) is 41.2 Å². The Hall–Kier alpha value is -2.24. The van der Waals surface area contributed by atoms with Crippen molar-refractivity contribution in [1.29, 1.82) is 0 Å². The molecule has 2 aromatic rings.